The van der Waals surface area contributed by atoms with E-state index in [9.17, 15) is 19.5 Å². The van der Waals surface area contributed by atoms with Crippen LogP contribution < -0.4 is 5.32 Å². The number of amides is 3. The number of fused-ring (bicyclic) bond motifs is 2. The van der Waals surface area contributed by atoms with E-state index in [1.165, 1.54) is 0 Å². The number of cyclic esters (lactones) is 1. The summed E-state index contributed by atoms with van der Waals surface area (Å²) in [5.74, 6) is -3.19. The quantitative estimate of drug-likeness (QED) is 0.355. The van der Waals surface area contributed by atoms with Gasteiger partial charge < -0.3 is 29.7 Å². The maximum atomic E-state index is 15.0. The first kappa shape index (κ1) is 33.4. The van der Waals surface area contributed by atoms with Crippen molar-refractivity contribution in [2.75, 3.05) is 13.2 Å². The highest BCUT2D eigenvalue weighted by Crippen LogP contribution is 2.56. The molecule has 4 aliphatic heterocycles. The molecular formula is C37H49N3O7. The zero-order valence-corrected chi connectivity index (χ0v) is 27.8. The van der Waals surface area contributed by atoms with Crippen LogP contribution in [0.25, 0.3) is 0 Å². The Labute approximate surface area is 277 Å². The molecule has 2 N–H and O–H groups in total. The largest absolute Gasteiger partial charge is 0.455 e. The monoisotopic (exact) mass is 647 g/mol. The third-order valence-corrected chi connectivity index (χ3v) is 10.7. The number of carbonyl (C=O) groups is 4. The van der Waals surface area contributed by atoms with Gasteiger partial charge in [-0.05, 0) is 44.1 Å². The van der Waals surface area contributed by atoms with Crippen molar-refractivity contribution in [1.82, 2.24) is 15.1 Å². The number of nitrogens with zero attached hydrogens (tertiary/aromatic N) is 2. The van der Waals surface area contributed by atoms with Gasteiger partial charge in [0.25, 0.3) is 0 Å². The van der Waals surface area contributed by atoms with Crippen molar-refractivity contribution in [1.29, 1.82) is 0 Å². The smallest absolute Gasteiger partial charge is 0.313 e. The lowest BCUT2D eigenvalue weighted by atomic mass is 9.74. The van der Waals surface area contributed by atoms with Gasteiger partial charge in [0.05, 0.1) is 30.7 Å². The maximum Gasteiger partial charge on any atom is 0.313 e. The maximum absolute atomic E-state index is 15.0. The van der Waals surface area contributed by atoms with Gasteiger partial charge in [-0.1, -0.05) is 87.7 Å². The number of likely N-dealkylation sites (tertiary alicyclic amines) is 1. The fourth-order valence-electron chi connectivity index (χ4n) is 8.57. The summed E-state index contributed by atoms with van der Waals surface area (Å²) in [7, 11) is 0. The molecule has 6 rings (SSSR count). The topological polar surface area (TPSA) is 125 Å². The molecule has 1 aromatic rings. The molecule has 3 amide bonds. The Hall–Kier alpha value is -3.50. The molecule has 1 aromatic carbocycles. The molecule has 2 saturated heterocycles. The van der Waals surface area contributed by atoms with E-state index in [0.717, 1.165) is 32.1 Å². The van der Waals surface area contributed by atoms with Crippen molar-refractivity contribution in [3.05, 3.63) is 60.2 Å². The first-order valence-corrected chi connectivity index (χ1v) is 17.5. The fraction of sp³-hybridized carbons (Fsp3) is 0.622. The minimum atomic E-state index is -1.36. The van der Waals surface area contributed by atoms with Gasteiger partial charge in [-0.3, -0.25) is 19.2 Å². The average molecular weight is 648 g/mol. The first-order valence-electron chi connectivity index (χ1n) is 17.5. The summed E-state index contributed by atoms with van der Waals surface area (Å²) >= 11 is 0. The van der Waals surface area contributed by atoms with Crippen molar-refractivity contribution in [3.63, 3.8) is 0 Å². The van der Waals surface area contributed by atoms with Gasteiger partial charge in [0.1, 0.15) is 23.7 Å². The van der Waals surface area contributed by atoms with Gasteiger partial charge in [0, 0.05) is 19.0 Å². The highest BCUT2D eigenvalue weighted by atomic mass is 16.6. The van der Waals surface area contributed by atoms with E-state index < -0.39 is 53.7 Å². The van der Waals surface area contributed by atoms with Crippen LogP contribution in [0, 0.1) is 17.8 Å². The second-order valence-corrected chi connectivity index (χ2v) is 14.3. The summed E-state index contributed by atoms with van der Waals surface area (Å²) in [5.41, 5.74) is -0.645. The number of esters is 1. The van der Waals surface area contributed by atoms with E-state index in [-0.39, 0.29) is 42.7 Å². The molecule has 0 unspecified atom stereocenters. The lowest BCUT2D eigenvalue weighted by molar-refractivity contribution is -0.162. The standard InChI is InChI=1S/C37H49N3O7/c1-23(2)21-27(22-41)40-33-35(44)39(26-15-9-5-10-16-26)20-12-6-11-17-29(42)38-24(3)32(25-13-7-4-8-14-25)46-36(45)30-28-18-19-37(33,47-28)31(30)34(40)43/h4,6-8,12-14,18-19,23-24,26-28,30-33,41H,5,9-11,15-17,20-22H2,1-3H3,(H,38,42)/b12-6-/t24-,27+,28+,30-,31-,32+,33+,37-/m0/s1. The number of hydrogen-bond acceptors (Lipinski definition) is 7. The second-order valence-electron chi connectivity index (χ2n) is 14.3. The number of aliphatic hydroxyl groups excluding tert-OH is 1. The number of nitrogens with one attached hydrogen (secondary N) is 1. The van der Waals surface area contributed by atoms with Crippen molar-refractivity contribution >= 4 is 23.7 Å². The Bertz CT molecular complexity index is 1390. The summed E-state index contributed by atoms with van der Waals surface area (Å²) < 4.78 is 12.9. The molecule has 47 heavy (non-hydrogen) atoms. The summed E-state index contributed by atoms with van der Waals surface area (Å²) in [5, 5.41) is 13.7. The number of hydrogen-bond donors (Lipinski definition) is 2. The van der Waals surface area contributed by atoms with Crippen molar-refractivity contribution < 1.29 is 33.8 Å². The number of carbonyl (C=O) groups excluding carboxylic acids is 4. The Balaban J connectivity index is 1.45. The molecule has 10 nitrogen and oxygen atoms in total. The first-order chi connectivity index (χ1) is 22.7. The second kappa shape index (κ2) is 13.9. The lowest BCUT2D eigenvalue weighted by Crippen LogP contribution is -2.60. The number of benzene rings is 1. The third-order valence-electron chi connectivity index (χ3n) is 10.7. The van der Waals surface area contributed by atoms with Crippen LogP contribution in [0.2, 0.25) is 0 Å². The number of ether oxygens (including phenoxy) is 2. The normalized spacial score (nSPS) is 34.8. The van der Waals surface area contributed by atoms with E-state index in [1.54, 1.807) is 11.0 Å². The Kier molecular flexibility index (Phi) is 9.90. The van der Waals surface area contributed by atoms with E-state index in [2.05, 4.69) is 5.32 Å². The van der Waals surface area contributed by atoms with E-state index in [0.29, 0.717) is 24.9 Å². The zero-order valence-electron chi connectivity index (χ0n) is 27.8. The summed E-state index contributed by atoms with van der Waals surface area (Å²) in [4.78, 5) is 60.4. The molecule has 5 aliphatic rings. The van der Waals surface area contributed by atoms with Gasteiger partial charge in [0.2, 0.25) is 17.7 Å². The van der Waals surface area contributed by atoms with Gasteiger partial charge in [-0.2, -0.15) is 0 Å². The predicted octanol–water partition coefficient (Wildman–Crippen LogP) is 3.84. The minimum Gasteiger partial charge on any atom is -0.455 e. The molecule has 0 aromatic heterocycles. The SMILES string of the molecule is CC(C)C[C@H](CO)N1C(=O)[C@@H]2[C@H]3C(=O)O[C@@H](c4ccccc4)[C@H](C)NC(=O)CC/C=C\CN(C4CCCCC4)C(=O)[C@@H]1[C@]21C=C[C@H]3O1. The molecular weight excluding hydrogens is 598 g/mol. The van der Waals surface area contributed by atoms with Crippen molar-refractivity contribution in [3.8, 4) is 0 Å². The van der Waals surface area contributed by atoms with Crippen molar-refractivity contribution in [2.24, 2.45) is 17.8 Å². The minimum absolute atomic E-state index is 0.00724. The van der Waals surface area contributed by atoms with E-state index in [1.807, 2.05) is 74.2 Å². The molecule has 8 atom stereocenters. The summed E-state index contributed by atoms with van der Waals surface area (Å²) in [6.07, 6.45) is 12.0. The molecule has 3 fully saturated rings. The number of rotatable bonds is 6. The average Bonchev–Trinajstić information content (AvgIpc) is 3.71. The van der Waals surface area contributed by atoms with Gasteiger partial charge >= 0.3 is 5.97 Å². The Morgan fingerprint density at radius 1 is 1.02 bits per heavy atom. The number of aliphatic hydroxyl groups is 1. The summed E-state index contributed by atoms with van der Waals surface area (Å²) in [6.45, 7) is 5.88. The lowest BCUT2D eigenvalue weighted by Gasteiger charge is -2.42. The predicted molar refractivity (Wildman–Crippen MR) is 175 cm³/mol. The molecule has 4 heterocycles. The zero-order chi connectivity index (χ0) is 33.3. The van der Waals surface area contributed by atoms with Crippen LogP contribution in [0.5, 0.6) is 0 Å². The van der Waals surface area contributed by atoms with Crippen LogP contribution in [0.4, 0.5) is 0 Å². The van der Waals surface area contributed by atoms with Gasteiger partial charge in [-0.25, -0.2) is 0 Å². The van der Waals surface area contributed by atoms with Crippen LogP contribution >= 0.6 is 0 Å². The third kappa shape index (κ3) is 6.26. The molecule has 0 radical (unpaired) electrons. The van der Waals surface area contributed by atoms with Gasteiger partial charge in [-0.15, -0.1) is 0 Å². The molecule has 1 spiro atoms. The van der Waals surface area contributed by atoms with Crippen LogP contribution in [0.1, 0.15) is 83.8 Å². The molecule has 1 saturated carbocycles. The highest BCUT2D eigenvalue weighted by Gasteiger charge is 2.74. The van der Waals surface area contributed by atoms with Crippen molar-refractivity contribution in [2.45, 2.75) is 114 Å². The molecule has 1 aliphatic carbocycles. The van der Waals surface area contributed by atoms with Crippen LogP contribution in [-0.4, -0.2) is 87.6 Å². The Morgan fingerprint density at radius 3 is 2.47 bits per heavy atom. The van der Waals surface area contributed by atoms with E-state index >= 15 is 4.79 Å². The molecule has 254 valence electrons. The molecule has 5 bridgehead atoms. The van der Waals surface area contributed by atoms with Crippen LogP contribution in [0.3, 0.4) is 0 Å². The van der Waals surface area contributed by atoms with E-state index in [4.69, 9.17) is 9.47 Å². The van der Waals surface area contributed by atoms with Crippen LogP contribution in [-0.2, 0) is 28.7 Å². The summed E-state index contributed by atoms with van der Waals surface area (Å²) in [6, 6.07) is 7.05. The highest BCUT2D eigenvalue weighted by molar-refractivity contribution is 5.99. The molecule has 10 heteroatoms. The fourth-order valence-corrected chi connectivity index (χ4v) is 8.57. The van der Waals surface area contributed by atoms with Crippen LogP contribution in [0.15, 0.2) is 54.6 Å². The van der Waals surface area contributed by atoms with Gasteiger partial charge in [0.15, 0.2) is 0 Å². The number of allylic oxidation sites excluding steroid dienone is 1. The Morgan fingerprint density at radius 2 is 1.77 bits per heavy atom.